The van der Waals surface area contributed by atoms with Crippen molar-refractivity contribution in [2.45, 2.75) is 12.8 Å². The maximum absolute atomic E-state index is 13.2. The van der Waals surface area contributed by atoms with Gasteiger partial charge in [0.1, 0.15) is 12.4 Å². The van der Waals surface area contributed by atoms with Crippen molar-refractivity contribution < 1.29 is 22.6 Å². The van der Waals surface area contributed by atoms with Crippen LogP contribution in [0.25, 0.3) is 0 Å². The van der Waals surface area contributed by atoms with Gasteiger partial charge in [0.25, 0.3) is 0 Å². The number of methoxy groups -OCH3 is 1. The lowest BCUT2D eigenvalue weighted by atomic mass is 10.1. The molecular weight excluding hydrogens is 233 g/mol. The molecule has 0 unspecified atom stereocenters. The fourth-order valence-electron chi connectivity index (χ4n) is 1.36. The third-order valence-electron chi connectivity index (χ3n) is 2.20. The number of benzene rings is 1. The third-order valence-corrected chi connectivity index (χ3v) is 2.20. The molecule has 0 heterocycles. The molecule has 0 aliphatic carbocycles. The first-order valence-electron chi connectivity index (χ1n) is 5.17. The van der Waals surface area contributed by atoms with Gasteiger partial charge in [-0.25, -0.2) is 4.39 Å². The first-order valence-corrected chi connectivity index (χ1v) is 5.17. The SMILES string of the molecule is COCCOc1cc(C)cc(C(F)(F)CF)c1. The summed E-state index contributed by atoms with van der Waals surface area (Å²) in [5, 5.41) is 0. The Morgan fingerprint density at radius 2 is 1.88 bits per heavy atom. The second kappa shape index (κ2) is 5.91. The lowest BCUT2D eigenvalue weighted by molar-refractivity contribution is -0.0283. The van der Waals surface area contributed by atoms with E-state index in [4.69, 9.17) is 9.47 Å². The molecule has 2 nitrogen and oxygen atoms in total. The summed E-state index contributed by atoms with van der Waals surface area (Å²) in [5.41, 5.74) is 0.232. The first kappa shape index (κ1) is 13.8. The van der Waals surface area contributed by atoms with E-state index in [0.29, 0.717) is 17.9 Å². The Bertz CT molecular complexity index is 367. The van der Waals surface area contributed by atoms with Crippen molar-refractivity contribution in [2.24, 2.45) is 0 Å². The summed E-state index contributed by atoms with van der Waals surface area (Å²) >= 11 is 0. The highest BCUT2D eigenvalue weighted by Gasteiger charge is 2.32. The van der Waals surface area contributed by atoms with E-state index >= 15 is 0 Å². The van der Waals surface area contributed by atoms with Crippen molar-refractivity contribution in [3.8, 4) is 5.75 Å². The second-order valence-corrected chi connectivity index (χ2v) is 3.71. The van der Waals surface area contributed by atoms with Crippen molar-refractivity contribution in [3.63, 3.8) is 0 Å². The van der Waals surface area contributed by atoms with Crippen LogP contribution in [0.2, 0.25) is 0 Å². The Balaban J connectivity index is 2.86. The summed E-state index contributed by atoms with van der Waals surface area (Å²) in [6.45, 7) is 0.568. The van der Waals surface area contributed by atoms with E-state index in [1.54, 1.807) is 13.0 Å². The number of aryl methyl sites for hydroxylation is 1. The smallest absolute Gasteiger partial charge is 0.301 e. The van der Waals surface area contributed by atoms with E-state index < -0.39 is 12.6 Å². The van der Waals surface area contributed by atoms with Crippen LogP contribution in [0.4, 0.5) is 13.2 Å². The van der Waals surface area contributed by atoms with E-state index in [9.17, 15) is 13.2 Å². The molecule has 0 aliphatic heterocycles. The first-order chi connectivity index (χ1) is 7.99. The normalized spacial score (nSPS) is 11.6. The van der Waals surface area contributed by atoms with Gasteiger partial charge in [-0.3, -0.25) is 0 Å². The van der Waals surface area contributed by atoms with Crippen LogP contribution in [0.15, 0.2) is 18.2 Å². The minimum Gasteiger partial charge on any atom is -0.491 e. The lowest BCUT2D eigenvalue weighted by Crippen LogP contribution is -2.16. The highest BCUT2D eigenvalue weighted by molar-refractivity contribution is 5.36. The molecule has 0 saturated heterocycles. The maximum Gasteiger partial charge on any atom is 0.301 e. The number of rotatable bonds is 6. The predicted molar refractivity (Wildman–Crippen MR) is 58.4 cm³/mol. The minimum absolute atomic E-state index is 0.264. The molecule has 0 atom stereocenters. The van der Waals surface area contributed by atoms with Gasteiger partial charge in [0.05, 0.1) is 6.61 Å². The summed E-state index contributed by atoms with van der Waals surface area (Å²) in [7, 11) is 1.52. The molecule has 0 aliphatic rings. The van der Waals surface area contributed by atoms with Gasteiger partial charge in [-0.05, 0) is 30.7 Å². The van der Waals surface area contributed by atoms with Gasteiger partial charge >= 0.3 is 5.92 Å². The molecule has 1 aromatic rings. The van der Waals surface area contributed by atoms with Gasteiger partial charge in [-0.2, -0.15) is 8.78 Å². The van der Waals surface area contributed by atoms with Crippen molar-refractivity contribution in [1.82, 2.24) is 0 Å². The largest absolute Gasteiger partial charge is 0.491 e. The zero-order valence-corrected chi connectivity index (χ0v) is 9.80. The average molecular weight is 248 g/mol. The Kier molecular flexibility index (Phi) is 4.81. The Hall–Kier alpha value is -1.23. The van der Waals surface area contributed by atoms with Crippen molar-refractivity contribution in [2.75, 3.05) is 27.0 Å². The number of ether oxygens (including phenoxy) is 2. The van der Waals surface area contributed by atoms with Crippen LogP contribution in [-0.4, -0.2) is 27.0 Å². The Labute approximate surface area is 98.3 Å². The summed E-state index contributed by atoms with van der Waals surface area (Å²) in [6, 6.07) is 4.03. The second-order valence-electron chi connectivity index (χ2n) is 3.71. The molecule has 0 amide bonds. The third kappa shape index (κ3) is 3.93. The average Bonchev–Trinajstić information content (AvgIpc) is 2.29. The molecule has 17 heavy (non-hydrogen) atoms. The molecule has 96 valence electrons. The van der Waals surface area contributed by atoms with Gasteiger partial charge in [0, 0.05) is 12.7 Å². The standard InChI is InChI=1S/C12H15F3O2/c1-9-5-10(12(14,15)8-13)7-11(6-9)17-4-3-16-2/h5-7H,3-4,8H2,1-2H3. The maximum atomic E-state index is 13.2. The molecule has 0 saturated carbocycles. The molecule has 0 fully saturated rings. The molecule has 0 bridgehead atoms. The van der Waals surface area contributed by atoms with Crippen molar-refractivity contribution in [3.05, 3.63) is 29.3 Å². The molecular formula is C12H15F3O2. The van der Waals surface area contributed by atoms with Crippen LogP contribution in [0.1, 0.15) is 11.1 Å². The zero-order valence-electron chi connectivity index (χ0n) is 9.80. The van der Waals surface area contributed by atoms with E-state index in [-0.39, 0.29) is 12.2 Å². The van der Waals surface area contributed by atoms with Crippen molar-refractivity contribution >= 4 is 0 Å². The Morgan fingerprint density at radius 1 is 1.18 bits per heavy atom. The van der Waals surface area contributed by atoms with Crippen LogP contribution >= 0.6 is 0 Å². The fraction of sp³-hybridized carbons (Fsp3) is 0.500. The van der Waals surface area contributed by atoms with Gasteiger partial charge < -0.3 is 9.47 Å². The topological polar surface area (TPSA) is 18.5 Å². The number of hydrogen-bond acceptors (Lipinski definition) is 2. The molecule has 1 aromatic carbocycles. The van der Waals surface area contributed by atoms with Crippen LogP contribution in [0.5, 0.6) is 5.75 Å². The zero-order chi connectivity index (χ0) is 12.9. The van der Waals surface area contributed by atoms with Crippen molar-refractivity contribution in [1.29, 1.82) is 0 Å². The number of alkyl halides is 3. The summed E-state index contributed by atoms with van der Waals surface area (Å²) in [4.78, 5) is 0. The van der Waals surface area contributed by atoms with E-state index in [0.717, 1.165) is 6.07 Å². The fourth-order valence-corrected chi connectivity index (χ4v) is 1.36. The van der Waals surface area contributed by atoms with Gasteiger partial charge in [0.15, 0.2) is 6.67 Å². The lowest BCUT2D eigenvalue weighted by Gasteiger charge is -2.15. The van der Waals surface area contributed by atoms with Gasteiger partial charge in [-0.1, -0.05) is 0 Å². The molecule has 0 spiro atoms. The minimum atomic E-state index is -3.47. The van der Waals surface area contributed by atoms with E-state index in [2.05, 4.69) is 0 Å². The monoisotopic (exact) mass is 248 g/mol. The van der Waals surface area contributed by atoms with E-state index in [1.807, 2.05) is 0 Å². The highest BCUT2D eigenvalue weighted by atomic mass is 19.3. The molecule has 5 heteroatoms. The molecule has 0 aromatic heterocycles. The number of halogens is 3. The molecule has 0 N–H and O–H groups in total. The summed E-state index contributed by atoms with van der Waals surface area (Å²) in [5.74, 6) is -3.17. The molecule has 0 radical (unpaired) electrons. The highest BCUT2D eigenvalue weighted by Crippen LogP contribution is 2.31. The Morgan fingerprint density at radius 3 is 2.47 bits per heavy atom. The van der Waals surface area contributed by atoms with Crippen LogP contribution in [0.3, 0.4) is 0 Å². The number of hydrogen-bond donors (Lipinski definition) is 0. The van der Waals surface area contributed by atoms with Gasteiger partial charge in [0.2, 0.25) is 0 Å². The predicted octanol–water partition coefficient (Wildman–Crippen LogP) is 3.08. The van der Waals surface area contributed by atoms with Crippen LogP contribution < -0.4 is 4.74 Å². The molecule has 1 rings (SSSR count). The van der Waals surface area contributed by atoms with Crippen LogP contribution in [-0.2, 0) is 10.7 Å². The quantitative estimate of drug-likeness (QED) is 0.720. The van der Waals surface area contributed by atoms with E-state index in [1.165, 1.54) is 13.2 Å². The van der Waals surface area contributed by atoms with Crippen LogP contribution in [0, 0.1) is 6.92 Å². The van der Waals surface area contributed by atoms with Gasteiger partial charge in [-0.15, -0.1) is 0 Å². The summed E-state index contributed by atoms with van der Waals surface area (Å²) < 4.78 is 48.6. The summed E-state index contributed by atoms with van der Waals surface area (Å²) in [6.07, 6.45) is 0.